The van der Waals surface area contributed by atoms with Crippen molar-refractivity contribution >= 4 is 29.9 Å². The van der Waals surface area contributed by atoms with Crippen LogP contribution in [-0.2, 0) is 4.79 Å². The van der Waals surface area contributed by atoms with Crippen molar-refractivity contribution in [3.63, 3.8) is 0 Å². The number of halogens is 2. The van der Waals surface area contributed by atoms with Crippen LogP contribution in [0.2, 0.25) is 5.02 Å². The minimum Gasteiger partial charge on any atom is -0.481 e. The minimum absolute atomic E-state index is 0. The van der Waals surface area contributed by atoms with Gasteiger partial charge in [0.1, 0.15) is 5.75 Å². The van der Waals surface area contributed by atoms with E-state index in [0.29, 0.717) is 16.8 Å². The Morgan fingerprint density at radius 3 is 2.86 bits per heavy atom. The summed E-state index contributed by atoms with van der Waals surface area (Å²) in [5.41, 5.74) is 0.946. The number of benzene rings is 1. The molecule has 6 heteroatoms. The van der Waals surface area contributed by atoms with E-state index in [1.165, 1.54) is 0 Å². The first-order valence-corrected chi connectivity index (χ1v) is 7.78. The smallest absolute Gasteiger partial charge is 0.263 e. The van der Waals surface area contributed by atoms with Crippen LogP contribution >= 0.6 is 24.0 Å². The molecule has 1 amide bonds. The van der Waals surface area contributed by atoms with Crippen LogP contribution < -0.4 is 10.1 Å². The lowest BCUT2D eigenvalue weighted by Gasteiger charge is -2.34. The number of likely N-dealkylation sites (N-methyl/N-ethyl adjacent to an activating group) is 1. The monoisotopic (exact) mass is 346 g/mol. The number of aryl methyl sites for hydroxylation is 1. The molecule has 1 heterocycles. The molecule has 1 aromatic carbocycles. The number of likely N-dealkylation sites (tertiary alicyclic amines) is 1. The standard InChI is InChI=1S/C16H23ClN2O2.ClH/c1-11-9-14(6-7-15(11)17)21-12(2)16(20)19-8-4-5-13(10-19)18-3;/h6-7,9,12-13,18H,4-5,8,10H2,1-3H3;1H. The van der Waals surface area contributed by atoms with E-state index < -0.39 is 6.10 Å². The predicted molar refractivity (Wildman–Crippen MR) is 92.2 cm³/mol. The molecule has 0 saturated carbocycles. The van der Waals surface area contributed by atoms with Crippen LogP contribution in [0.3, 0.4) is 0 Å². The topological polar surface area (TPSA) is 41.6 Å². The number of hydrogen-bond acceptors (Lipinski definition) is 3. The highest BCUT2D eigenvalue weighted by molar-refractivity contribution is 6.31. The summed E-state index contributed by atoms with van der Waals surface area (Å²) in [6, 6.07) is 5.83. The van der Waals surface area contributed by atoms with Crippen LogP contribution in [0.4, 0.5) is 0 Å². The average Bonchev–Trinajstić information content (AvgIpc) is 2.50. The third kappa shape index (κ3) is 4.77. The second kappa shape index (κ2) is 8.61. The molecule has 0 aromatic heterocycles. The van der Waals surface area contributed by atoms with Gasteiger partial charge in [0.25, 0.3) is 5.91 Å². The van der Waals surface area contributed by atoms with Crippen LogP contribution in [-0.4, -0.2) is 43.1 Å². The number of ether oxygens (including phenoxy) is 1. The largest absolute Gasteiger partial charge is 0.481 e. The molecule has 22 heavy (non-hydrogen) atoms. The van der Waals surface area contributed by atoms with Gasteiger partial charge in [0, 0.05) is 24.2 Å². The summed E-state index contributed by atoms with van der Waals surface area (Å²) in [7, 11) is 1.94. The first-order chi connectivity index (χ1) is 10.0. The summed E-state index contributed by atoms with van der Waals surface area (Å²) in [6.07, 6.45) is 1.66. The summed E-state index contributed by atoms with van der Waals surface area (Å²) in [5.74, 6) is 0.725. The Morgan fingerprint density at radius 2 is 2.23 bits per heavy atom. The molecule has 2 unspecified atom stereocenters. The van der Waals surface area contributed by atoms with Crippen LogP contribution in [0.1, 0.15) is 25.3 Å². The Bertz CT molecular complexity index is 511. The van der Waals surface area contributed by atoms with E-state index in [1.54, 1.807) is 19.1 Å². The molecule has 1 aliphatic heterocycles. The van der Waals surface area contributed by atoms with Gasteiger partial charge in [-0.05, 0) is 57.5 Å². The van der Waals surface area contributed by atoms with Crippen molar-refractivity contribution < 1.29 is 9.53 Å². The van der Waals surface area contributed by atoms with Crippen molar-refractivity contribution in [2.45, 2.75) is 38.8 Å². The number of hydrogen-bond donors (Lipinski definition) is 1. The zero-order valence-electron chi connectivity index (χ0n) is 13.3. The molecule has 1 aromatic rings. The molecule has 0 spiro atoms. The Kier molecular flexibility index (Phi) is 7.46. The maximum Gasteiger partial charge on any atom is 0.263 e. The van der Waals surface area contributed by atoms with Gasteiger partial charge in [0.2, 0.25) is 0 Å². The van der Waals surface area contributed by atoms with E-state index in [9.17, 15) is 4.79 Å². The summed E-state index contributed by atoms with van der Waals surface area (Å²) >= 11 is 6.00. The first-order valence-electron chi connectivity index (χ1n) is 7.40. The number of rotatable bonds is 4. The predicted octanol–water partition coefficient (Wildman–Crippen LogP) is 3.05. The Morgan fingerprint density at radius 1 is 1.50 bits per heavy atom. The summed E-state index contributed by atoms with van der Waals surface area (Å²) in [4.78, 5) is 14.3. The van der Waals surface area contributed by atoms with Crippen molar-refractivity contribution in [1.82, 2.24) is 10.2 Å². The molecule has 0 radical (unpaired) electrons. The third-order valence-corrected chi connectivity index (χ3v) is 4.36. The Balaban J connectivity index is 0.00000242. The molecule has 4 nitrogen and oxygen atoms in total. The van der Waals surface area contributed by atoms with Crippen LogP contribution in [0, 0.1) is 6.92 Å². The second-order valence-corrected chi connectivity index (χ2v) is 5.99. The van der Waals surface area contributed by atoms with E-state index in [1.807, 2.05) is 24.9 Å². The maximum absolute atomic E-state index is 12.5. The number of piperidine rings is 1. The van der Waals surface area contributed by atoms with Crippen molar-refractivity contribution in [3.05, 3.63) is 28.8 Å². The molecule has 2 rings (SSSR count). The molecule has 1 aliphatic rings. The molecule has 1 saturated heterocycles. The van der Waals surface area contributed by atoms with Crippen LogP contribution in [0.5, 0.6) is 5.75 Å². The van der Waals surface area contributed by atoms with Gasteiger partial charge in [-0.15, -0.1) is 12.4 Å². The van der Waals surface area contributed by atoms with E-state index in [2.05, 4.69) is 5.32 Å². The highest BCUT2D eigenvalue weighted by Gasteiger charge is 2.27. The zero-order chi connectivity index (χ0) is 15.4. The zero-order valence-corrected chi connectivity index (χ0v) is 14.8. The van der Waals surface area contributed by atoms with Crippen molar-refractivity contribution in [2.75, 3.05) is 20.1 Å². The number of amides is 1. The molecular formula is C16H24Cl2N2O2. The lowest BCUT2D eigenvalue weighted by molar-refractivity contribution is -0.139. The molecule has 124 valence electrons. The Hall–Kier alpha value is -0.970. The van der Waals surface area contributed by atoms with Gasteiger partial charge in [-0.25, -0.2) is 0 Å². The number of nitrogens with one attached hydrogen (secondary N) is 1. The number of carbonyl (C=O) groups is 1. The van der Waals surface area contributed by atoms with Crippen molar-refractivity contribution in [3.8, 4) is 5.75 Å². The molecule has 1 N–H and O–H groups in total. The van der Waals surface area contributed by atoms with E-state index in [-0.39, 0.29) is 18.3 Å². The fraction of sp³-hybridized carbons (Fsp3) is 0.562. The number of nitrogens with zero attached hydrogens (tertiary/aromatic N) is 1. The highest BCUT2D eigenvalue weighted by Crippen LogP contribution is 2.22. The quantitative estimate of drug-likeness (QED) is 0.910. The normalized spacial score (nSPS) is 19.3. The van der Waals surface area contributed by atoms with Gasteiger partial charge < -0.3 is 15.0 Å². The summed E-state index contributed by atoms with van der Waals surface area (Å²) < 4.78 is 5.76. The first kappa shape index (κ1) is 19.1. The SMILES string of the molecule is CNC1CCCN(C(=O)C(C)Oc2ccc(Cl)c(C)c2)C1.Cl. The van der Waals surface area contributed by atoms with Crippen molar-refractivity contribution in [1.29, 1.82) is 0 Å². The third-order valence-electron chi connectivity index (χ3n) is 3.93. The highest BCUT2D eigenvalue weighted by atomic mass is 35.5. The fourth-order valence-electron chi connectivity index (χ4n) is 2.62. The van der Waals surface area contributed by atoms with Gasteiger partial charge in [-0.1, -0.05) is 11.6 Å². The molecule has 0 aliphatic carbocycles. The van der Waals surface area contributed by atoms with Crippen molar-refractivity contribution in [2.24, 2.45) is 0 Å². The van der Waals surface area contributed by atoms with Gasteiger partial charge >= 0.3 is 0 Å². The molecule has 0 bridgehead atoms. The van der Waals surface area contributed by atoms with Crippen LogP contribution in [0.25, 0.3) is 0 Å². The van der Waals surface area contributed by atoms with Gasteiger partial charge in [0.15, 0.2) is 6.10 Å². The average molecular weight is 347 g/mol. The van der Waals surface area contributed by atoms with E-state index in [0.717, 1.165) is 31.5 Å². The van der Waals surface area contributed by atoms with E-state index >= 15 is 0 Å². The van der Waals surface area contributed by atoms with Gasteiger partial charge in [-0.3, -0.25) is 4.79 Å². The molecule has 1 fully saturated rings. The van der Waals surface area contributed by atoms with E-state index in [4.69, 9.17) is 16.3 Å². The Labute approximate surface area is 143 Å². The maximum atomic E-state index is 12.5. The summed E-state index contributed by atoms with van der Waals surface area (Å²) in [5, 5.41) is 3.94. The van der Waals surface area contributed by atoms with Crippen LogP contribution in [0.15, 0.2) is 18.2 Å². The van der Waals surface area contributed by atoms with Gasteiger partial charge in [-0.2, -0.15) is 0 Å². The number of carbonyl (C=O) groups excluding carboxylic acids is 1. The summed E-state index contributed by atoms with van der Waals surface area (Å²) in [6.45, 7) is 5.28. The second-order valence-electron chi connectivity index (χ2n) is 5.58. The fourth-order valence-corrected chi connectivity index (χ4v) is 2.73. The lowest BCUT2D eigenvalue weighted by Crippen LogP contribution is -2.50. The minimum atomic E-state index is -0.485. The molecular weight excluding hydrogens is 323 g/mol. The lowest BCUT2D eigenvalue weighted by atomic mass is 10.1. The molecule has 2 atom stereocenters. The van der Waals surface area contributed by atoms with Gasteiger partial charge in [0.05, 0.1) is 0 Å².